The standard InChI is InChI=1S/C11H19N3O2S2/c1-7(14-18(16)11(2,3)4)8-5-6-9(17-8)10(12)13-15/h5-7,14-15H,1-4H3,(H2,12,13)/t7-,18?/m1/s1. The van der Waals surface area contributed by atoms with Crippen LogP contribution in [0.2, 0.25) is 0 Å². The number of nitrogens with one attached hydrogen (secondary N) is 1. The van der Waals surface area contributed by atoms with Crippen molar-refractivity contribution in [2.75, 3.05) is 0 Å². The molecule has 7 heteroatoms. The van der Waals surface area contributed by atoms with E-state index in [1.165, 1.54) is 11.3 Å². The van der Waals surface area contributed by atoms with Gasteiger partial charge in [0.15, 0.2) is 5.84 Å². The molecule has 1 rings (SSSR count). The molecule has 1 heterocycles. The van der Waals surface area contributed by atoms with Crippen molar-refractivity contribution < 1.29 is 9.76 Å². The Morgan fingerprint density at radius 2 is 2.17 bits per heavy atom. The molecule has 102 valence electrons. The molecule has 0 aliphatic carbocycles. The van der Waals surface area contributed by atoms with Crippen LogP contribution in [0.5, 0.6) is 0 Å². The van der Waals surface area contributed by atoms with Crippen LogP contribution in [0.1, 0.15) is 43.5 Å². The SMILES string of the molecule is C[C@@H](N[S+]([O-])C(C)(C)C)c1ccc(C(N)=NO)s1. The summed E-state index contributed by atoms with van der Waals surface area (Å²) in [7, 11) is 0. The van der Waals surface area contributed by atoms with Gasteiger partial charge in [0.2, 0.25) is 0 Å². The number of nitrogens with zero attached hydrogens (tertiary/aromatic N) is 1. The molecule has 2 atom stereocenters. The first-order chi connectivity index (χ1) is 8.25. The first kappa shape index (κ1) is 15.3. The van der Waals surface area contributed by atoms with Crippen LogP contribution in [0.25, 0.3) is 0 Å². The third-order valence-electron chi connectivity index (χ3n) is 2.25. The summed E-state index contributed by atoms with van der Waals surface area (Å²) in [6, 6.07) is 3.62. The van der Waals surface area contributed by atoms with Crippen molar-refractivity contribution >= 4 is 28.5 Å². The van der Waals surface area contributed by atoms with Crippen LogP contribution in [-0.2, 0) is 11.4 Å². The molecule has 0 amide bonds. The summed E-state index contributed by atoms with van der Waals surface area (Å²) in [5.74, 6) is 0.0930. The summed E-state index contributed by atoms with van der Waals surface area (Å²) in [5, 5.41) is 11.5. The van der Waals surface area contributed by atoms with Crippen molar-refractivity contribution in [2.45, 2.75) is 38.5 Å². The molecule has 0 saturated carbocycles. The highest BCUT2D eigenvalue weighted by Crippen LogP contribution is 2.25. The van der Waals surface area contributed by atoms with Gasteiger partial charge in [-0.15, -0.1) is 16.1 Å². The zero-order valence-electron chi connectivity index (χ0n) is 10.9. The van der Waals surface area contributed by atoms with E-state index in [9.17, 15) is 4.55 Å². The molecule has 4 N–H and O–H groups in total. The van der Waals surface area contributed by atoms with Gasteiger partial charge in [-0.3, -0.25) is 0 Å². The smallest absolute Gasteiger partial charge is 0.180 e. The number of nitrogens with two attached hydrogens (primary N) is 1. The summed E-state index contributed by atoms with van der Waals surface area (Å²) in [6.45, 7) is 7.68. The number of amidine groups is 1. The number of oxime groups is 1. The van der Waals surface area contributed by atoms with E-state index in [4.69, 9.17) is 10.9 Å². The molecule has 1 aromatic heterocycles. The van der Waals surface area contributed by atoms with Crippen LogP contribution >= 0.6 is 11.3 Å². The van der Waals surface area contributed by atoms with Gasteiger partial charge in [-0.2, -0.15) is 0 Å². The normalized spacial score (nSPS) is 16.6. The lowest BCUT2D eigenvalue weighted by molar-refractivity contribution is 0.319. The summed E-state index contributed by atoms with van der Waals surface area (Å²) in [6.07, 6.45) is 0. The van der Waals surface area contributed by atoms with Crippen LogP contribution in [0.15, 0.2) is 17.3 Å². The minimum atomic E-state index is -1.13. The van der Waals surface area contributed by atoms with E-state index in [1.807, 2.05) is 33.8 Å². The molecule has 0 bridgehead atoms. The number of thiophene rings is 1. The van der Waals surface area contributed by atoms with E-state index in [0.29, 0.717) is 4.88 Å². The van der Waals surface area contributed by atoms with E-state index in [-0.39, 0.29) is 16.6 Å². The second-order valence-corrected chi connectivity index (χ2v) is 8.02. The van der Waals surface area contributed by atoms with E-state index < -0.39 is 11.4 Å². The summed E-state index contributed by atoms with van der Waals surface area (Å²) in [5.41, 5.74) is 5.51. The summed E-state index contributed by atoms with van der Waals surface area (Å²) >= 11 is 0.288. The maximum Gasteiger partial charge on any atom is 0.180 e. The Morgan fingerprint density at radius 3 is 2.67 bits per heavy atom. The monoisotopic (exact) mass is 289 g/mol. The molecule has 0 aliphatic heterocycles. The molecule has 0 spiro atoms. The van der Waals surface area contributed by atoms with Gasteiger partial charge in [0, 0.05) is 16.2 Å². The maximum absolute atomic E-state index is 12.0. The summed E-state index contributed by atoms with van der Waals surface area (Å²) < 4.78 is 14.7. The Labute approximate surface area is 114 Å². The average Bonchev–Trinajstić information content (AvgIpc) is 2.75. The minimum Gasteiger partial charge on any atom is -0.598 e. The molecule has 0 radical (unpaired) electrons. The molecular weight excluding hydrogens is 270 g/mol. The summed E-state index contributed by atoms with van der Waals surface area (Å²) in [4.78, 5) is 1.69. The highest BCUT2D eigenvalue weighted by atomic mass is 32.2. The fraction of sp³-hybridized carbons (Fsp3) is 0.545. The van der Waals surface area contributed by atoms with Crippen molar-refractivity contribution in [2.24, 2.45) is 10.9 Å². The molecule has 1 unspecified atom stereocenters. The Hall–Kier alpha value is -0.760. The van der Waals surface area contributed by atoms with Gasteiger partial charge in [0.25, 0.3) is 0 Å². The van der Waals surface area contributed by atoms with Gasteiger partial charge in [0.05, 0.1) is 10.9 Å². The largest absolute Gasteiger partial charge is 0.598 e. The maximum atomic E-state index is 12.0. The molecule has 5 nitrogen and oxygen atoms in total. The first-order valence-corrected chi connectivity index (χ1v) is 7.48. The van der Waals surface area contributed by atoms with Crippen molar-refractivity contribution in [3.63, 3.8) is 0 Å². The van der Waals surface area contributed by atoms with E-state index in [1.54, 1.807) is 6.07 Å². The highest BCUT2D eigenvalue weighted by Gasteiger charge is 2.28. The van der Waals surface area contributed by atoms with Crippen LogP contribution < -0.4 is 10.5 Å². The van der Waals surface area contributed by atoms with Gasteiger partial charge in [-0.05, 0) is 39.8 Å². The predicted molar refractivity (Wildman–Crippen MR) is 76.3 cm³/mol. The lowest BCUT2D eigenvalue weighted by Gasteiger charge is -2.26. The van der Waals surface area contributed by atoms with Crippen LogP contribution in [0.4, 0.5) is 0 Å². The van der Waals surface area contributed by atoms with Gasteiger partial charge in [-0.1, -0.05) is 5.16 Å². The number of hydrogen-bond acceptors (Lipinski definition) is 5. The third-order valence-corrected chi connectivity index (χ3v) is 5.22. The van der Waals surface area contributed by atoms with Crippen molar-refractivity contribution in [3.05, 3.63) is 21.9 Å². The number of rotatable bonds is 4. The second kappa shape index (κ2) is 5.92. The molecule has 0 aromatic carbocycles. The number of hydrogen-bond donors (Lipinski definition) is 3. The van der Waals surface area contributed by atoms with Gasteiger partial charge in [-0.25, -0.2) is 0 Å². The predicted octanol–water partition coefficient (Wildman–Crippen LogP) is 1.96. The van der Waals surface area contributed by atoms with Crippen molar-refractivity contribution in [1.29, 1.82) is 0 Å². The van der Waals surface area contributed by atoms with Crippen LogP contribution in [0.3, 0.4) is 0 Å². The molecule has 1 aromatic rings. The molecule has 0 saturated heterocycles. The molecular formula is C11H19N3O2S2. The average molecular weight is 289 g/mol. The Bertz CT molecular complexity index is 426. The van der Waals surface area contributed by atoms with Gasteiger partial charge < -0.3 is 15.5 Å². The Kier molecular flexibility index (Phi) is 5.03. The van der Waals surface area contributed by atoms with E-state index in [0.717, 1.165) is 4.88 Å². The molecule has 0 fully saturated rings. The zero-order valence-corrected chi connectivity index (χ0v) is 12.6. The fourth-order valence-electron chi connectivity index (χ4n) is 1.17. The quantitative estimate of drug-likeness (QED) is 0.260. The topological polar surface area (TPSA) is 93.7 Å². The lowest BCUT2D eigenvalue weighted by Crippen LogP contribution is -2.40. The fourth-order valence-corrected chi connectivity index (χ4v) is 2.95. The van der Waals surface area contributed by atoms with Crippen LogP contribution in [0, 0.1) is 0 Å². The van der Waals surface area contributed by atoms with Gasteiger partial charge >= 0.3 is 0 Å². The van der Waals surface area contributed by atoms with Crippen molar-refractivity contribution in [3.8, 4) is 0 Å². The van der Waals surface area contributed by atoms with E-state index in [2.05, 4.69) is 9.88 Å². The van der Waals surface area contributed by atoms with E-state index >= 15 is 0 Å². The highest BCUT2D eigenvalue weighted by molar-refractivity contribution is 7.90. The Morgan fingerprint density at radius 1 is 1.56 bits per heavy atom. The Balaban J connectivity index is 2.74. The minimum absolute atomic E-state index is 0.0460. The third kappa shape index (κ3) is 3.88. The first-order valence-electron chi connectivity index (χ1n) is 5.51. The van der Waals surface area contributed by atoms with Crippen molar-refractivity contribution in [1.82, 2.24) is 4.72 Å². The lowest BCUT2D eigenvalue weighted by atomic mass is 10.3. The van der Waals surface area contributed by atoms with Gasteiger partial charge in [0.1, 0.15) is 4.75 Å². The molecule has 0 aliphatic rings. The molecule has 18 heavy (non-hydrogen) atoms. The van der Waals surface area contributed by atoms with Crippen LogP contribution in [-0.4, -0.2) is 20.3 Å². The zero-order chi connectivity index (χ0) is 13.9. The second-order valence-electron chi connectivity index (χ2n) is 4.91.